The summed E-state index contributed by atoms with van der Waals surface area (Å²) in [6.45, 7) is 11.9. The van der Waals surface area contributed by atoms with Crippen LogP contribution in [0.25, 0.3) is 0 Å². The molecule has 3 heteroatoms. The van der Waals surface area contributed by atoms with Gasteiger partial charge in [-0.1, -0.05) is 18.2 Å². The van der Waals surface area contributed by atoms with Gasteiger partial charge >= 0.3 is 0 Å². The van der Waals surface area contributed by atoms with Crippen LogP contribution in [0.2, 0.25) is 0 Å². The van der Waals surface area contributed by atoms with Gasteiger partial charge in [0, 0.05) is 5.69 Å². The summed E-state index contributed by atoms with van der Waals surface area (Å²) in [7, 11) is 0. The number of rotatable bonds is 4. The molecule has 2 aromatic carbocycles. The average Bonchev–Trinajstić information content (AvgIpc) is 2.47. The van der Waals surface area contributed by atoms with E-state index < -0.39 is 6.10 Å². The van der Waals surface area contributed by atoms with Gasteiger partial charge in [0.1, 0.15) is 5.75 Å². The summed E-state index contributed by atoms with van der Waals surface area (Å²) in [5.41, 5.74) is 6.36. The third-order valence-corrected chi connectivity index (χ3v) is 4.09. The van der Waals surface area contributed by atoms with E-state index in [0.29, 0.717) is 0 Å². The second kappa shape index (κ2) is 6.86. The number of anilines is 1. The van der Waals surface area contributed by atoms with E-state index in [4.69, 9.17) is 4.74 Å². The highest BCUT2D eigenvalue weighted by atomic mass is 16.5. The zero-order valence-corrected chi connectivity index (χ0v) is 14.8. The Hall–Kier alpha value is -2.29. The highest BCUT2D eigenvalue weighted by Crippen LogP contribution is 2.25. The SMILES string of the molecule is Cc1ccc(C)c(NC(=O)[C@@H](C)Oc2cc(C)cc(C)c2C)c1. The number of carbonyl (C=O) groups is 1. The molecular weight excluding hydrogens is 286 g/mol. The molecular formula is C20H25NO2. The molecule has 0 aromatic heterocycles. The van der Waals surface area contributed by atoms with Gasteiger partial charge in [-0.15, -0.1) is 0 Å². The number of carbonyl (C=O) groups excluding carboxylic acids is 1. The standard InChI is InChI=1S/C20H25NO2/c1-12-7-8-14(3)18(10-12)21-20(22)17(6)23-19-11-13(2)9-15(4)16(19)5/h7-11,17H,1-6H3,(H,21,22)/t17-/m1/s1. The summed E-state index contributed by atoms with van der Waals surface area (Å²) < 4.78 is 5.90. The third kappa shape index (κ3) is 4.13. The van der Waals surface area contributed by atoms with Crippen LogP contribution in [0.3, 0.4) is 0 Å². The van der Waals surface area contributed by atoms with Gasteiger partial charge in [-0.25, -0.2) is 0 Å². The molecule has 0 aliphatic heterocycles. The molecule has 122 valence electrons. The number of aryl methyl sites for hydroxylation is 4. The highest BCUT2D eigenvalue weighted by molar-refractivity contribution is 5.94. The molecule has 2 aromatic rings. The van der Waals surface area contributed by atoms with Crippen LogP contribution in [0, 0.1) is 34.6 Å². The van der Waals surface area contributed by atoms with Gasteiger partial charge in [0.25, 0.3) is 5.91 Å². The first-order chi connectivity index (χ1) is 10.8. The summed E-state index contributed by atoms with van der Waals surface area (Å²) in [6, 6.07) is 10.1. The first kappa shape index (κ1) is 17.1. The number of hydrogen-bond acceptors (Lipinski definition) is 2. The molecule has 23 heavy (non-hydrogen) atoms. The molecule has 0 bridgehead atoms. The van der Waals surface area contributed by atoms with Gasteiger partial charge in [0.15, 0.2) is 6.10 Å². The zero-order valence-electron chi connectivity index (χ0n) is 14.8. The molecule has 0 spiro atoms. The van der Waals surface area contributed by atoms with Crippen molar-refractivity contribution in [1.82, 2.24) is 0 Å². The summed E-state index contributed by atoms with van der Waals surface area (Å²) in [5, 5.41) is 2.96. The number of nitrogens with one attached hydrogen (secondary N) is 1. The van der Waals surface area contributed by atoms with E-state index in [-0.39, 0.29) is 5.91 Å². The fraction of sp³-hybridized carbons (Fsp3) is 0.350. The number of ether oxygens (including phenoxy) is 1. The summed E-state index contributed by atoms with van der Waals surface area (Å²) >= 11 is 0. The van der Waals surface area contributed by atoms with Crippen molar-refractivity contribution in [1.29, 1.82) is 0 Å². The van der Waals surface area contributed by atoms with Crippen molar-refractivity contribution in [3.05, 3.63) is 58.1 Å². The number of benzene rings is 2. The lowest BCUT2D eigenvalue weighted by Gasteiger charge is -2.18. The Morgan fingerprint density at radius 1 is 0.957 bits per heavy atom. The fourth-order valence-electron chi connectivity index (χ4n) is 2.47. The topological polar surface area (TPSA) is 38.3 Å². The van der Waals surface area contributed by atoms with Crippen LogP contribution in [0.1, 0.15) is 34.7 Å². The number of amides is 1. The van der Waals surface area contributed by atoms with Crippen LogP contribution >= 0.6 is 0 Å². The van der Waals surface area contributed by atoms with Crippen molar-refractivity contribution in [3.8, 4) is 5.75 Å². The normalized spacial score (nSPS) is 11.9. The van der Waals surface area contributed by atoms with Gasteiger partial charge in [-0.05, 0) is 81.5 Å². The van der Waals surface area contributed by atoms with Gasteiger partial charge < -0.3 is 10.1 Å². The predicted molar refractivity (Wildman–Crippen MR) is 95.3 cm³/mol. The van der Waals surface area contributed by atoms with Gasteiger partial charge in [0.05, 0.1) is 0 Å². The molecule has 2 rings (SSSR count). The minimum atomic E-state index is -0.560. The Bertz CT molecular complexity index is 735. The van der Waals surface area contributed by atoms with Gasteiger partial charge in [-0.2, -0.15) is 0 Å². The Labute approximate surface area is 138 Å². The van der Waals surface area contributed by atoms with Crippen molar-refractivity contribution < 1.29 is 9.53 Å². The smallest absolute Gasteiger partial charge is 0.265 e. The van der Waals surface area contributed by atoms with E-state index in [9.17, 15) is 4.79 Å². The first-order valence-electron chi connectivity index (χ1n) is 7.90. The third-order valence-electron chi connectivity index (χ3n) is 4.09. The van der Waals surface area contributed by atoms with Crippen LogP contribution in [0.4, 0.5) is 5.69 Å². The minimum Gasteiger partial charge on any atom is -0.481 e. The molecule has 0 unspecified atom stereocenters. The maximum Gasteiger partial charge on any atom is 0.265 e. The van der Waals surface area contributed by atoms with Crippen molar-refractivity contribution in [2.45, 2.75) is 47.6 Å². The van der Waals surface area contributed by atoms with E-state index >= 15 is 0 Å². The molecule has 0 fully saturated rings. The summed E-state index contributed by atoms with van der Waals surface area (Å²) in [5.74, 6) is 0.628. The Morgan fingerprint density at radius 3 is 2.35 bits per heavy atom. The van der Waals surface area contributed by atoms with E-state index in [1.807, 2.05) is 52.0 Å². The largest absolute Gasteiger partial charge is 0.481 e. The summed E-state index contributed by atoms with van der Waals surface area (Å²) in [4.78, 5) is 12.4. The molecule has 1 N–H and O–H groups in total. The second-order valence-corrected chi connectivity index (χ2v) is 6.27. The molecule has 0 aliphatic rings. The predicted octanol–water partition coefficient (Wildman–Crippen LogP) is 4.63. The van der Waals surface area contributed by atoms with Crippen molar-refractivity contribution in [2.24, 2.45) is 0 Å². The monoisotopic (exact) mass is 311 g/mol. The Balaban J connectivity index is 2.13. The highest BCUT2D eigenvalue weighted by Gasteiger charge is 2.17. The van der Waals surface area contributed by atoms with E-state index in [1.54, 1.807) is 6.92 Å². The molecule has 0 saturated heterocycles. The van der Waals surface area contributed by atoms with Crippen molar-refractivity contribution >= 4 is 11.6 Å². The quantitative estimate of drug-likeness (QED) is 0.893. The molecule has 1 atom stereocenters. The number of hydrogen-bond donors (Lipinski definition) is 1. The van der Waals surface area contributed by atoms with Crippen LogP contribution in [0.15, 0.2) is 30.3 Å². The van der Waals surface area contributed by atoms with Gasteiger partial charge in [-0.3, -0.25) is 4.79 Å². The maximum atomic E-state index is 12.4. The van der Waals surface area contributed by atoms with Crippen LogP contribution < -0.4 is 10.1 Å². The van der Waals surface area contributed by atoms with Crippen LogP contribution in [-0.4, -0.2) is 12.0 Å². The van der Waals surface area contributed by atoms with Crippen molar-refractivity contribution in [3.63, 3.8) is 0 Å². The molecule has 1 amide bonds. The molecule has 0 heterocycles. The molecule has 0 saturated carbocycles. The fourth-order valence-corrected chi connectivity index (χ4v) is 2.47. The molecule has 3 nitrogen and oxygen atoms in total. The van der Waals surface area contributed by atoms with E-state index in [1.165, 1.54) is 5.56 Å². The minimum absolute atomic E-state index is 0.141. The molecule has 0 radical (unpaired) electrons. The zero-order chi connectivity index (χ0) is 17.1. The maximum absolute atomic E-state index is 12.4. The lowest BCUT2D eigenvalue weighted by atomic mass is 10.1. The van der Waals surface area contributed by atoms with Crippen LogP contribution in [-0.2, 0) is 4.79 Å². The Morgan fingerprint density at radius 2 is 1.65 bits per heavy atom. The first-order valence-corrected chi connectivity index (χ1v) is 7.90. The van der Waals surface area contributed by atoms with E-state index in [2.05, 4.69) is 18.3 Å². The second-order valence-electron chi connectivity index (χ2n) is 6.27. The summed E-state index contributed by atoms with van der Waals surface area (Å²) in [6.07, 6.45) is -0.560. The van der Waals surface area contributed by atoms with Crippen LogP contribution in [0.5, 0.6) is 5.75 Å². The van der Waals surface area contributed by atoms with Gasteiger partial charge in [0.2, 0.25) is 0 Å². The van der Waals surface area contributed by atoms with E-state index in [0.717, 1.165) is 33.7 Å². The lowest BCUT2D eigenvalue weighted by Crippen LogP contribution is -2.30. The molecule has 0 aliphatic carbocycles. The Kier molecular flexibility index (Phi) is 5.09. The lowest BCUT2D eigenvalue weighted by molar-refractivity contribution is -0.122. The average molecular weight is 311 g/mol. The van der Waals surface area contributed by atoms with Crippen molar-refractivity contribution in [2.75, 3.05) is 5.32 Å².